The minimum Gasteiger partial charge on any atom is -0.508 e. The van der Waals surface area contributed by atoms with Crippen molar-refractivity contribution in [1.29, 1.82) is 0 Å². The molecule has 15 nitrogen and oxygen atoms in total. The number of benzene rings is 1. The molecule has 0 radical (unpaired) electrons. The number of aliphatic hydroxyl groups is 1. The number of amides is 4. The van der Waals surface area contributed by atoms with Crippen molar-refractivity contribution < 1.29 is 49.2 Å². The third kappa shape index (κ3) is 9.94. The Morgan fingerprint density at radius 3 is 1.89 bits per heavy atom. The molecule has 0 bridgehead atoms. The lowest BCUT2D eigenvalue weighted by Gasteiger charge is -2.26. The van der Waals surface area contributed by atoms with Crippen LogP contribution in [0.2, 0.25) is 0 Å². The number of phenolic OH excluding ortho intramolecular Hbond substituents is 1. The number of aliphatic carboxylic acids is 2. The molecule has 0 aromatic heterocycles. The van der Waals surface area contributed by atoms with E-state index in [9.17, 15) is 44.1 Å². The Bertz CT molecular complexity index is 982. The van der Waals surface area contributed by atoms with E-state index in [1.807, 2.05) is 5.32 Å². The number of primary amides is 1. The lowest BCUT2D eigenvalue weighted by atomic mass is 10.0. The Balaban J connectivity index is 3.14. The molecule has 198 valence electrons. The van der Waals surface area contributed by atoms with Crippen molar-refractivity contribution in [2.24, 2.45) is 11.5 Å². The standard InChI is InChI=1S/C21H29N5O10/c1-9(27)17(26-18(32)12(22)7-15(23)29)20(34)24-13(6-10-2-4-11(28)5-3-10)19(33)25-14(21(35)36)8-16(30)31/h2-5,9,12-14,17,27-28H,6-8,22H2,1H3,(H2,23,29)(H,24,34)(H,25,33)(H,26,32)(H,30,31)(H,35,36). The molecule has 4 amide bonds. The molecule has 36 heavy (non-hydrogen) atoms. The molecule has 0 spiro atoms. The van der Waals surface area contributed by atoms with Gasteiger partial charge in [0, 0.05) is 6.42 Å². The molecule has 0 fully saturated rings. The summed E-state index contributed by atoms with van der Waals surface area (Å²) in [6.45, 7) is 1.16. The minimum absolute atomic E-state index is 0.0830. The Morgan fingerprint density at radius 1 is 0.861 bits per heavy atom. The van der Waals surface area contributed by atoms with Crippen LogP contribution in [-0.2, 0) is 35.2 Å². The predicted octanol–water partition coefficient (Wildman–Crippen LogP) is -3.47. The fourth-order valence-electron chi connectivity index (χ4n) is 2.96. The summed E-state index contributed by atoms with van der Waals surface area (Å²) in [5.41, 5.74) is 10.9. The van der Waals surface area contributed by atoms with Gasteiger partial charge in [-0.15, -0.1) is 0 Å². The molecule has 0 saturated carbocycles. The van der Waals surface area contributed by atoms with Crippen LogP contribution in [0.4, 0.5) is 0 Å². The quantitative estimate of drug-likeness (QED) is 0.118. The Kier molecular flexibility index (Phi) is 11.3. The van der Waals surface area contributed by atoms with Gasteiger partial charge in [-0.2, -0.15) is 0 Å². The normalized spacial score (nSPS) is 14.9. The van der Waals surface area contributed by atoms with E-state index in [4.69, 9.17) is 16.6 Å². The fraction of sp³-hybridized carbons (Fsp3) is 0.429. The van der Waals surface area contributed by atoms with Crippen molar-refractivity contribution in [2.75, 3.05) is 0 Å². The number of carbonyl (C=O) groups excluding carboxylic acids is 4. The summed E-state index contributed by atoms with van der Waals surface area (Å²) in [6, 6.07) is -0.913. The van der Waals surface area contributed by atoms with Crippen LogP contribution in [0.3, 0.4) is 0 Å². The van der Waals surface area contributed by atoms with Crippen molar-refractivity contribution >= 4 is 35.6 Å². The van der Waals surface area contributed by atoms with E-state index in [1.165, 1.54) is 24.3 Å². The van der Waals surface area contributed by atoms with Crippen LogP contribution in [0.5, 0.6) is 5.75 Å². The molecule has 11 N–H and O–H groups in total. The highest BCUT2D eigenvalue weighted by atomic mass is 16.4. The monoisotopic (exact) mass is 511 g/mol. The number of carboxylic acid groups (broad SMARTS) is 2. The van der Waals surface area contributed by atoms with E-state index in [0.717, 1.165) is 6.92 Å². The zero-order valence-corrected chi connectivity index (χ0v) is 19.2. The second-order valence-corrected chi connectivity index (χ2v) is 7.93. The Labute approximate surface area is 204 Å². The van der Waals surface area contributed by atoms with Crippen molar-refractivity contribution in [3.63, 3.8) is 0 Å². The van der Waals surface area contributed by atoms with Gasteiger partial charge in [0.1, 0.15) is 23.9 Å². The average molecular weight is 511 g/mol. The molecular weight excluding hydrogens is 482 g/mol. The highest BCUT2D eigenvalue weighted by molar-refractivity contribution is 5.95. The molecule has 1 rings (SSSR count). The third-order valence-electron chi connectivity index (χ3n) is 4.82. The minimum atomic E-state index is -1.81. The summed E-state index contributed by atoms with van der Waals surface area (Å²) in [7, 11) is 0. The fourth-order valence-corrected chi connectivity index (χ4v) is 2.96. The molecule has 0 heterocycles. The number of hydrogen-bond donors (Lipinski definition) is 9. The van der Waals surface area contributed by atoms with Crippen LogP contribution in [0.1, 0.15) is 25.3 Å². The molecule has 0 aliphatic carbocycles. The maximum Gasteiger partial charge on any atom is 0.326 e. The SMILES string of the molecule is CC(O)C(NC(=O)C(N)CC(N)=O)C(=O)NC(Cc1ccc(O)cc1)C(=O)NC(CC(=O)O)C(=O)O. The van der Waals surface area contributed by atoms with E-state index >= 15 is 0 Å². The number of aliphatic hydroxyl groups excluding tert-OH is 1. The molecule has 1 aromatic carbocycles. The number of nitrogens with one attached hydrogen (secondary N) is 3. The van der Waals surface area contributed by atoms with Crippen LogP contribution in [0.15, 0.2) is 24.3 Å². The number of nitrogens with two attached hydrogens (primary N) is 2. The van der Waals surface area contributed by atoms with E-state index in [1.54, 1.807) is 0 Å². The van der Waals surface area contributed by atoms with Crippen molar-refractivity contribution in [3.8, 4) is 5.75 Å². The van der Waals surface area contributed by atoms with Crippen LogP contribution >= 0.6 is 0 Å². The highest BCUT2D eigenvalue weighted by Gasteiger charge is 2.33. The summed E-state index contributed by atoms with van der Waals surface area (Å²) in [4.78, 5) is 71.2. The van der Waals surface area contributed by atoms with E-state index in [0.29, 0.717) is 5.56 Å². The summed E-state index contributed by atoms with van der Waals surface area (Å²) >= 11 is 0. The Hall–Kier alpha value is -4.24. The average Bonchev–Trinajstić information content (AvgIpc) is 2.76. The van der Waals surface area contributed by atoms with Gasteiger partial charge in [0.05, 0.1) is 25.0 Å². The van der Waals surface area contributed by atoms with Gasteiger partial charge in [0.15, 0.2) is 0 Å². The summed E-state index contributed by atoms with van der Waals surface area (Å²) in [6.07, 6.45) is -3.21. The van der Waals surface area contributed by atoms with E-state index in [-0.39, 0.29) is 12.2 Å². The highest BCUT2D eigenvalue weighted by Crippen LogP contribution is 2.12. The second kappa shape index (κ2) is 13.6. The van der Waals surface area contributed by atoms with Crippen molar-refractivity contribution in [1.82, 2.24) is 16.0 Å². The van der Waals surface area contributed by atoms with Gasteiger partial charge < -0.3 is 47.8 Å². The third-order valence-corrected chi connectivity index (χ3v) is 4.82. The number of phenols is 1. The topological polar surface area (TPSA) is 271 Å². The number of carboxylic acids is 2. The van der Waals surface area contributed by atoms with E-state index in [2.05, 4.69) is 10.6 Å². The lowest BCUT2D eigenvalue weighted by Crippen LogP contribution is -2.60. The summed E-state index contributed by atoms with van der Waals surface area (Å²) in [5.74, 6) is -7.19. The zero-order chi connectivity index (χ0) is 27.6. The van der Waals surface area contributed by atoms with E-state index < -0.39 is 78.7 Å². The first-order chi connectivity index (χ1) is 16.7. The lowest BCUT2D eigenvalue weighted by molar-refractivity contribution is -0.147. The predicted molar refractivity (Wildman–Crippen MR) is 121 cm³/mol. The number of aromatic hydroxyl groups is 1. The molecule has 5 unspecified atom stereocenters. The largest absolute Gasteiger partial charge is 0.508 e. The van der Waals surface area contributed by atoms with Crippen LogP contribution in [-0.4, -0.2) is 86.3 Å². The van der Waals surface area contributed by atoms with Gasteiger partial charge in [0.25, 0.3) is 0 Å². The molecule has 0 saturated heterocycles. The van der Waals surface area contributed by atoms with Gasteiger partial charge in [-0.05, 0) is 24.6 Å². The van der Waals surface area contributed by atoms with Gasteiger partial charge in [-0.1, -0.05) is 12.1 Å². The van der Waals surface area contributed by atoms with Gasteiger partial charge >= 0.3 is 11.9 Å². The number of carbonyl (C=O) groups is 6. The second-order valence-electron chi connectivity index (χ2n) is 7.93. The Morgan fingerprint density at radius 2 is 1.42 bits per heavy atom. The smallest absolute Gasteiger partial charge is 0.326 e. The van der Waals surface area contributed by atoms with Crippen LogP contribution in [0.25, 0.3) is 0 Å². The van der Waals surface area contributed by atoms with Gasteiger partial charge in [-0.3, -0.25) is 24.0 Å². The summed E-state index contributed by atoms with van der Waals surface area (Å²) < 4.78 is 0. The molecule has 15 heteroatoms. The van der Waals surface area contributed by atoms with Crippen molar-refractivity contribution in [2.45, 2.75) is 56.5 Å². The first-order valence-electron chi connectivity index (χ1n) is 10.6. The first-order valence-corrected chi connectivity index (χ1v) is 10.6. The van der Waals surface area contributed by atoms with Gasteiger partial charge in [0.2, 0.25) is 23.6 Å². The van der Waals surface area contributed by atoms with Gasteiger partial charge in [-0.25, -0.2) is 4.79 Å². The first kappa shape index (κ1) is 29.8. The van der Waals surface area contributed by atoms with Crippen LogP contribution in [0, 0.1) is 0 Å². The molecule has 1 aromatic rings. The van der Waals surface area contributed by atoms with Crippen LogP contribution < -0.4 is 27.4 Å². The maximum atomic E-state index is 12.9. The molecule has 0 aliphatic heterocycles. The van der Waals surface area contributed by atoms with Crippen molar-refractivity contribution in [3.05, 3.63) is 29.8 Å². The zero-order valence-electron chi connectivity index (χ0n) is 19.2. The molecular formula is C21H29N5O10. The summed E-state index contributed by atoms with van der Waals surface area (Å²) in [5, 5.41) is 44.0. The number of rotatable bonds is 14. The molecule has 5 atom stereocenters. The number of hydrogen-bond acceptors (Lipinski definition) is 9. The maximum absolute atomic E-state index is 12.9. The molecule has 0 aliphatic rings.